The molecule has 6 unspecified atom stereocenters. The summed E-state index contributed by atoms with van der Waals surface area (Å²) in [5.74, 6) is -21.9. The number of hydrogen-bond acceptors (Lipinski definition) is 8. The number of rotatable bonds is 8. The summed E-state index contributed by atoms with van der Waals surface area (Å²) in [5, 5.41) is 13.7. The van der Waals surface area contributed by atoms with E-state index in [1.807, 2.05) is 30.3 Å². The van der Waals surface area contributed by atoms with Gasteiger partial charge in [-0.15, -0.1) is 23.2 Å². The maximum absolute atomic E-state index is 15.4. The number of nitrogens with one attached hydrogen (secondary N) is 1. The molecular formula is C42H30Cl2F5N3O7. The van der Waals surface area contributed by atoms with E-state index in [4.69, 9.17) is 32.7 Å². The quantitative estimate of drug-likeness (QED) is 0.0455. The molecule has 8 rings (SSSR count). The number of anilines is 4. The number of benzene rings is 4. The highest BCUT2D eigenvalue weighted by Gasteiger charge is 2.76. The summed E-state index contributed by atoms with van der Waals surface area (Å²) in [5.41, 5.74) is 0.375. The zero-order valence-electron chi connectivity index (χ0n) is 30.7. The van der Waals surface area contributed by atoms with Gasteiger partial charge in [0.2, 0.25) is 23.4 Å². The molecular weight excluding hydrogens is 824 g/mol. The van der Waals surface area contributed by atoms with Crippen LogP contribution in [0.3, 0.4) is 0 Å². The minimum absolute atomic E-state index is 0.0267. The SMILES string of the molecule is COc1cc(C=CC2C3=CCC4C(=O)N(c5ccc(Nc6ccccc6)cc5)C(=O)C4C3CC3(Cl)C(=O)N(c4c(F)c(F)c(F)c(F)c4F)C(=O)C23Cl)cc(OC)c1O. The fraction of sp³-hybridized carbons (Fsp3) is 0.238. The van der Waals surface area contributed by atoms with Crippen LogP contribution in [0, 0.1) is 52.8 Å². The third-order valence-electron chi connectivity index (χ3n) is 11.4. The largest absolute Gasteiger partial charge is 0.502 e. The third-order valence-corrected chi connectivity index (χ3v) is 12.9. The first-order chi connectivity index (χ1) is 28.1. The predicted octanol–water partition coefficient (Wildman–Crippen LogP) is 8.16. The van der Waals surface area contributed by atoms with Crippen LogP contribution in [0.4, 0.5) is 44.7 Å². The predicted molar refractivity (Wildman–Crippen MR) is 206 cm³/mol. The van der Waals surface area contributed by atoms with Crippen LogP contribution in [0.25, 0.3) is 6.08 Å². The molecule has 4 amide bonds. The normalized spacial score (nSPS) is 26.2. The van der Waals surface area contributed by atoms with Gasteiger partial charge in [-0.2, -0.15) is 0 Å². The molecule has 4 aliphatic rings. The number of nitrogens with zero attached hydrogens (tertiary/aromatic N) is 2. The van der Waals surface area contributed by atoms with Gasteiger partial charge in [0.15, 0.2) is 44.5 Å². The number of fused-ring (bicyclic) bond motifs is 4. The highest BCUT2D eigenvalue weighted by atomic mass is 35.5. The maximum Gasteiger partial charge on any atom is 0.258 e. The molecule has 17 heteroatoms. The number of carbonyl (C=O) groups is 4. The molecule has 4 aromatic rings. The fourth-order valence-electron chi connectivity index (χ4n) is 8.67. The van der Waals surface area contributed by atoms with E-state index >= 15 is 8.78 Å². The lowest BCUT2D eigenvalue weighted by Crippen LogP contribution is -2.60. The summed E-state index contributed by atoms with van der Waals surface area (Å²) in [4.78, 5) is 52.9. The fourth-order valence-corrected chi connectivity index (χ4v) is 9.56. The van der Waals surface area contributed by atoms with Gasteiger partial charge in [-0.3, -0.25) is 24.1 Å². The summed E-state index contributed by atoms with van der Waals surface area (Å²) in [6, 6.07) is 18.5. The first-order valence-corrected chi connectivity index (χ1v) is 18.8. The average molecular weight is 855 g/mol. The molecule has 2 N–H and O–H groups in total. The molecule has 0 radical (unpaired) electrons. The number of ether oxygens (including phenoxy) is 2. The second-order valence-corrected chi connectivity index (χ2v) is 15.7. The Morgan fingerprint density at radius 1 is 0.763 bits per heavy atom. The van der Waals surface area contributed by atoms with Crippen molar-refractivity contribution in [1.82, 2.24) is 0 Å². The van der Waals surface area contributed by atoms with Crippen LogP contribution >= 0.6 is 23.2 Å². The lowest BCUT2D eigenvalue weighted by atomic mass is 9.57. The Balaban J connectivity index is 1.23. The third kappa shape index (κ3) is 5.80. The Hall–Kier alpha value is -5.93. The Morgan fingerprint density at radius 3 is 1.93 bits per heavy atom. The highest BCUT2D eigenvalue weighted by molar-refractivity contribution is 6.58. The van der Waals surface area contributed by atoms with Crippen molar-refractivity contribution in [3.05, 3.63) is 119 Å². The number of carbonyl (C=O) groups excluding carboxylic acids is 4. The lowest BCUT2D eigenvalue weighted by Gasteiger charge is -2.49. The number of methoxy groups -OCH3 is 2. The molecule has 304 valence electrons. The highest BCUT2D eigenvalue weighted by Crippen LogP contribution is 2.64. The summed E-state index contributed by atoms with van der Waals surface area (Å²) in [6.45, 7) is 0. The Morgan fingerprint density at radius 2 is 1.34 bits per heavy atom. The lowest BCUT2D eigenvalue weighted by molar-refractivity contribution is -0.125. The zero-order valence-corrected chi connectivity index (χ0v) is 32.3. The van der Waals surface area contributed by atoms with Crippen LogP contribution in [-0.2, 0) is 19.2 Å². The van der Waals surface area contributed by atoms with Crippen LogP contribution < -0.4 is 24.6 Å². The number of halogens is 7. The van der Waals surface area contributed by atoms with Gasteiger partial charge in [-0.05, 0) is 72.9 Å². The number of alkyl halides is 2. The van der Waals surface area contributed by atoms with Crippen molar-refractivity contribution in [1.29, 1.82) is 0 Å². The van der Waals surface area contributed by atoms with Crippen molar-refractivity contribution in [2.45, 2.75) is 22.6 Å². The molecule has 3 fully saturated rings. The molecule has 0 aromatic heterocycles. The van der Waals surface area contributed by atoms with Gasteiger partial charge in [0, 0.05) is 17.3 Å². The van der Waals surface area contributed by atoms with Crippen molar-refractivity contribution in [3.8, 4) is 17.2 Å². The first kappa shape index (κ1) is 39.9. The van der Waals surface area contributed by atoms with Gasteiger partial charge in [-0.25, -0.2) is 26.9 Å². The van der Waals surface area contributed by atoms with E-state index in [2.05, 4.69) is 5.32 Å². The number of phenols is 1. The van der Waals surface area contributed by atoms with Crippen molar-refractivity contribution < 1.29 is 55.7 Å². The minimum Gasteiger partial charge on any atom is -0.502 e. The van der Waals surface area contributed by atoms with Crippen molar-refractivity contribution in [2.75, 3.05) is 29.3 Å². The van der Waals surface area contributed by atoms with Crippen LogP contribution in [0.1, 0.15) is 18.4 Å². The number of aromatic hydroxyl groups is 1. The van der Waals surface area contributed by atoms with Crippen LogP contribution in [0.2, 0.25) is 0 Å². The molecule has 6 atom stereocenters. The van der Waals surface area contributed by atoms with E-state index in [1.54, 1.807) is 30.3 Å². The molecule has 10 nitrogen and oxygen atoms in total. The Kier molecular flexibility index (Phi) is 9.74. The zero-order chi connectivity index (χ0) is 42.3. The Bertz CT molecular complexity index is 2490. The van der Waals surface area contributed by atoms with Gasteiger partial charge in [0.25, 0.3) is 11.8 Å². The van der Waals surface area contributed by atoms with E-state index < -0.39 is 98.2 Å². The topological polar surface area (TPSA) is 125 Å². The van der Waals surface area contributed by atoms with Crippen LogP contribution in [0.5, 0.6) is 17.2 Å². The monoisotopic (exact) mass is 853 g/mol. The van der Waals surface area contributed by atoms with E-state index in [0.717, 1.165) is 10.6 Å². The summed E-state index contributed by atoms with van der Waals surface area (Å²) in [6.07, 6.45) is 3.61. The number of imide groups is 2. The number of amides is 4. The number of phenolic OH excluding ortho intramolecular Hbond substituents is 1. The maximum atomic E-state index is 15.4. The Labute approximate surface area is 342 Å². The molecule has 0 spiro atoms. The van der Waals surface area contributed by atoms with Crippen molar-refractivity contribution in [2.24, 2.45) is 23.7 Å². The molecule has 2 heterocycles. The van der Waals surface area contributed by atoms with Gasteiger partial charge >= 0.3 is 0 Å². The molecule has 0 bridgehead atoms. The molecule has 1 saturated carbocycles. The number of para-hydroxylation sites is 1. The molecule has 4 aromatic carbocycles. The van der Waals surface area contributed by atoms with Crippen molar-refractivity contribution in [3.63, 3.8) is 0 Å². The van der Waals surface area contributed by atoms with Gasteiger partial charge in [-0.1, -0.05) is 42.0 Å². The van der Waals surface area contributed by atoms with Gasteiger partial charge in [0.1, 0.15) is 5.69 Å². The summed E-state index contributed by atoms with van der Waals surface area (Å²) >= 11 is 14.4. The minimum atomic E-state index is -2.70. The summed E-state index contributed by atoms with van der Waals surface area (Å²) in [7, 11) is 2.56. The standard InChI is InChI=1S/C42H30Cl2F5N3O7/c1-58-27-16-19(17-28(59-2)36(27)53)8-15-26-23-13-14-24-29(38(55)51(37(24)54)22-11-9-21(10-12-22)50-20-6-4-3-5-7-20)25(23)18-41(43)39(56)52(40(57)42(26,41)44)35-33(48)31(46)30(45)32(47)34(35)49/h3-13,15-17,24-26,29,50,53H,14,18H2,1-2H3. The molecule has 2 aliphatic heterocycles. The van der Waals surface area contributed by atoms with E-state index in [9.17, 15) is 37.5 Å². The average Bonchev–Trinajstić information content (AvgIpc) is 3.57. The first-order valence-electron chi connectivity index (χ1n) is 18.0. The van der Waals surface area contributed by atoms with E-state index in [0.29, 0.717) is 5.69 Å². The van der Waals surface area contributed by atoms with Crippen molar-refractivity contribution >= 4 is 75.7 Å². The van der Waals surface area contributed by atoms with Gasteiger partial charge in [0.05, 0.1) is 31.7 Å². The van der Waals surface area contributed by atoms with Crippen LogP contribution in [-0.4, -0.2) is 52.7 Å². The van der Waals surface area contributed by atoms with Gasteiger partial charge < -0.3 is 19.9 Å². The van der Waals surface area contributed by atoms with E-state index in [1.165, 1.54) is 38.5 Å². The van der Waals surface area contributed by atoms with Crippen LogP contribution in [0.15, 0.2) is 84.5 Å². The smallest absolute Gasteiger partial charge is 0.258 e. The second kappa shape index (κ2) is 14.4. The molecule has 2 saturated heterocycles. The second-order valence-electron chi connectivity index (χ2n) is 14.4. The molecule has 59 heavy (non-hydrogen) atoms. The van der Waals surface area contributed by atoms with E-state index in [-0.39, 0.29) is 45.4 Å². The number of hydrogen-bond donors (Lipinski definition) is 2. The molecule has 2 aliphatic carbocycles. The summed E-state index contributed by atoms with van der Waals surface area (Å²) < 4.78 is 84.5. The number of allylic oxidation sites excluding steroid dienone is 3.